The maximum Gasteiger partial charge on any atom is 0.129 e. The average molecular weight is 388 g/mol. The Morgan fingerprint density at radius 2 is 2.05 bits per heavy atom. The van der Waals surface area contributed by atoms with Crippen molar-refractivity contribution < 1.29 is 4.39 Å². The molecule has 2 aromatic carbocycles. The van der Waals surface area contributed by atoms with Crippen molar-refractivity contribution in [3.63, 3.8) is 0 Å². The second kappa shape index (κ2) is 5.59. The molecule has 0 N–H and O–H groups in total. The van der Waals surface area contributed by atoms with E-state index in [1.807, 2.05) is 16.7 Å². The third kappa shape index (κ3) is 2.56. The summed E-state index contributed by atoms with van der Waals surface area (Å²) >= 11 is 15.7. The van der Waals surface area contributed by atoms with Gasteiger partial charge in [-0.3, -0.25) is 4.57 Å². The molecule has 1 heterocycles. The summed E-state index contributed by atoms with van der Waals surface area (Å²) in [6.45, 7) is 1.72. The second-order valence-electron chi connectivity index (χ2n) is 4.68. The Kier molecular flexibility index (Phi) is 3.95. The molecule has 108 valence electrons. The van der Waals surface area contributed by atoms with Gasteiger partial charge in [-0.25, -0.2) is 9.37 Å². The largest absolute Gasteiger partial charge is 0.294 e. The molecular formula is C15H10BrCl2FN2. The van der Waals surface area contributed by atoms with E-state index >= 15 is 0 Å². The molecular weight excluding hydrogens is 378 g/mol. The Balaban J connectivity index is 2.37. The molecule has 2 nitrogen and oxygen atoms in total. The van der Waals surface area contributed by atoms with Crippen LogP contribution in [0.3, 0.4) is 0 Å². The first kappa shape index (κ1) is 14.8. The molecule has 6 heteroatoms. The van der Waals surface area contributed by atoms with Crippen LogP contribution < -0.4 is 0 Å². The summed E-state index contributed by atoms with van der Waals surface area (Å²) in [6.07, 6.45) is 0. The van der Waals surface area contributed by atoms with Gasteiger partial charge in [-0.05, 0) is 36.8 Å². The van der Waals surface area contributed by atoms with Crippen LogP contribution in [0.5, 0.6) is 0 Å². The number of imidazole rings is 1. The molecule has 1 aromatic heterocycles. The predicted molar refractivity (Wildman–Crippen MR) is 88.0 cm³/mol. The SMILES string of the molecule is Cc1cc2c(cc1F)nc(CCl)n2-c1ccc(Br)cc1Cl. The summed E-state index contributed by atoms with van der Waals surface area (Å²) in [5, 5.41) is 0.567. The average Bonchev–Trinajstić information content (AvgIpc) is 2.77. The number of rotatable bonds is 2. The zero-order valence-corrected chi connectivity index (χ0v) is 14.1. The maximum atomic E-state index is 13.7. The van der Waals surface area contributed by atoms with E-state index in [4.69, 9.17) is 23.2 Å². The molecule has 0 spiro atoms. The van der Waals surface area contributed by atoms with Crippen LogP contribution in [0.1, 0.15) is 11.4 Å². The first-order valence-corrected chi connectivity index (χ1v) is 7.90. The number of hydrogen-bond acceptors (Lipinski definition) is 1. The van der Waals surface area contributed by atoms with Crippen molar-refractivity contribution in [1.29, 1.82) is 0 Å². The highest BCUT2D eigenvalue weighted by atomic mass is 79.9. The van der Waals surface area contributed by atoms with Crippen molar-refractivity contribution in [2.75, 3.05) is 0 Å². The van der Waals surface area contributed by atoms with E-state index in [1.165, 1.54) is 6.07 Å². The number of fused-ring (bicyclic) bond motifs is 1. The van der Waals surface area contributed by atoms with E-state index in [1.54, 1.807) is 19.1 Å². The van der Waals surface area contributed by atoms with E-state index in [2.05, 4.69) is 20.9 Å². The molecule has 0 aliphatic rings. The van der Waals surface area contributed by atoms with Crippen LogP contribution in [-0.4, -0.2) is 9.55 Å². The number of benzene rings is 2. The second-order valence-corrected chi connectivity index (χ2v) is 6.27. The van der Waals surface area contributed by atoms with E-state index in [-0.39, 0.29) is 11.7 Å². The lowest BCUT2D eigenvalue weighted by Gasteiger charge is -2.10. The topological polar surface area (TPSA) is 17.8 Å². The van der Waals surface area contributed by atoms with Gasteiger partial charge in [-0.15, -0.1) is 11.6 Å². The molecule has 0 aliphatic heterocycles. The van der Waals surface area contributed by atoms with Gasteiger partial charge in [0, 0.05) is 10.5 Å². The van der Waals surface area contributed by atoms with Crippen LogP contribution in [0.25, 0.3) is 16.7 Å². The fraction of sp³-hybridized carbons (Fsp3) is 0.133. The van der Waals surface area contributed by atoms with E-state index in [0.29, 0.717) is 21.9 Å². The van der Waals surface area contributed by atoms with Crippen LogP contribution in [0.2, 0.25) is 5.02 Å². The third-order valence-electron chi connectivity index (χ3n) is 3.27. The first-order valence-electron chi connectivity index (χ1n) is 6.20. The molecule has 0 bridgehead atoms. The van der Waals surface area contributed by atoms with E-state index in [9.17, 15) is 4.39 Å². The highest BCUT2D eigenvalue weighted by Gasteiger charge is 2.16. The van der Waals surface area contributed by atoms with Gasteiger partial charge >= 0.3 is 0 Å². The quantitative estimate of drug-likeness (QED) is 0.521. The number of aryl methyl sites for hydroxylation is 1. The summed E-state index contributed by atoms with van der Waals surface area (Å²) in [4.78, 5) is 4.39. The normalized spacial score (nSPS) is 11.3. The number of aromatic nitrogens is 2. The zero-order chi connectivity index (χ0) is 15.1. The lowest BCUT2D eigenvalue weighted by atomic mass is 10.2. The van der Waals surface area contributed by atoms with Gasteiger partial charge in [0.05, 0.1) is 27.6 Å². The van der Waals surface area contributed by atoms with Gasteiger partial charge < -0.3 is 0 Å². The summed E-state index contributed by atoms with van der Waals surface area (Å²) in [5.41, 5.74) is 2.67. The molecule has 21 heavy (non-hydrogen) atoms. The van der Waals surface area contributed by atoms with Crippen molar-refractivity contribution in [2.24, 2.45) is 0 Å². The molecule has 0 saturated heterocycles. The fourth-order valence-electron chi connectivity index (χ4n) is 2.27. The maximum absolute atomic E-state index is 13.7. The molecule has 3 rings (SSSR count). The minimum atomic E-state index is -0.282. The molecule has 0 saturated carbocycles. The number of alkyl halides is 1. The number of halogens is 4. The summed E-state index contributed by atoms with van der Waals surface area (Å²) < 4.78 is 16.5. The lowest BCUT2D eigenvalue weighted by molar-refractivity contribution is 0.620. The van der Waals surface area contributed by atoms with Gasteiger partial charge in [0.25, 0.3) is 0 Å². The first-order chi connectivity index (χ1) is 10.0. The monoisotopic (exact) mass is 386 g/mol. The Morgan fingerprint density at radius 3 is 2.71 bits per heavy atom. The molecule has 0 atom stereocenters. The molecule has 0 fully saturated rings. The summed E-state index contributed by atoms with van der Waals surface area (Å²) in [6, 6.07) is 8.75. The Morgan fingerprint density at radius 1 is 1.29 bits per heavy atom. The Labute approximate surface area is 139 Å². The molecule has 0 amide bonds. The summed E-state index contributed by atoms with van der Waals surface area (Å²) in [5.74, 6) is 0.554. The van der Waals surface area contributed by atoms with Gasteiger partial charge in [-0.2, -0.15) is 0 Å². The Bertz CT molecular complexity index is 845. The smallest absolute Gasteiger partial charge is 0.129 e. The minimum Gasteiger partial charge on any atom is -0.294 e. The third-order valence-corrected chi connectivity index (χ3v) is 4.31. The number of nitrogens with zero attached hydrogens (tertiary/aromatic N) is 2. The van der Waals surface area contributed by atoms with Gasteiger partial charge in [-0.1, -0.05) is 27.5 Å². The van der Waals surface area contributed by atoms with Gasteiger partial charge in [0.1, 0.15) is 11.6 Å². The minimum absolute atomic E-state index is 0.210. The van der Waals surface area contributed by atoms with Crippen LogP contribution in [0.15, 0.2) is 34.8 Å². The molecule has 3 aromatic rings. The van der Waals surface area contributed by atoms with Crippen LogP contribution >= 0.6 is 39.1 Å². The molecule has 0 radical (unpaired) electrons. The summed E-state index contributed by atoms with van der Waals surface area (Å²) in [7, 11) is 0. The van der Waals surface area contributed by atoms with Crippen LogP contribution in [0.4, 0.5) is 4.39 Å². The highest BCUT2D eigenvalue weighted by Crippen LogP contribution is 2.30. The standard InChI is InChI=1S/C15H10BrCl2FN2/c1-8-4-14-12(6-11(8)19)20-15(7-17)21(14)13-3-2-9(16)5-10(13)18/h2-6H,7H2,1H3. The van der Waals surface area contributed by atoms with Gasteiger partial charge in [0.2, 0.25) is 0 Å². The van der Waals surface area contributed by atoms with Crippen molar-refractivity contribution in [3.05, 3.63) is 57.0 Å². The van der Waals surface area contributed by atoms with E-state index in [0.717, 1.165) is 15.7 Å². The van der Waals surface area contributed by atoms with Crippen LogP contribution in [-0.2, 0) is 5.88 Å². The molecule has 0 unspecified atom stereocenters. The fourth-order valence-corrected chi connectivity index (χ4v) is 3.21. The highest BCUT2D eigenvalue weighted by molar-refractivity contribution is 9.10. The number of hydrogen-bond donors (Lipinski definition) is 0. The van der Waals surface area contributed by atoms with Crippen molar-refractivity contribution in [3.8, 4) is 5.69 Å². The zero-order valence-electron chi connectivity index (χ0n) is 11.0. The molecule has 0 aliphatic carbocycles. The van der Waals surface area contributed by atoms with Crippen molar-refractivity contribution in [1.82, 2.24) is 9.55 Å². The lowest BCUT2D eigenvalue weighted by Crippen LogP contribution is -2.00. The predicted octanol–water partition coefficient (Wildman–Crippen LogP) is 5.63. The van der Waals surface area contributed by atoms with Crippen molar-refractivity contribution >= 4 is 50.2 Å². The van der Waals surface area contributed by atoms with Gasteiger partial charge in [0.15, 0.2) is 0 Å². The Hall–Kier alpha value is -1.10. The van der Waals surface area contributed by atoms with E-state index < -0.39 is 0 Å². The van der Waals surface area contributed by atoms with Crippen molar-refractivity contribution in [2.45, 2.75) is 12.8 Å². The van der Waals surface area contributed by atoms with Crippen LogP contribution in [0, 0.1) is 12.7 Å².